The molecule has 0 unspecified atom stereocenters. The van der Waals surface area contributed by atoms with Crippen LogP contribution in [0.1, 0.15) is 6.92 Å². The van der Waals surface area contributed by atoms with Crippen molar-refractivity contribution < 1.29 is 4.79 Å². The molecule has 4 nitrogen and oxygen atoms in total. The van der Waals surface area contributed by atoms with Crippen molar-refractivity contribution in [3.05, 3.63) is 12.2 Å². The lowest BCUT2D eigenvalue weighted by Crippen LogP contribution is -2.12. The quantitative estimate of drug-likeness (QED) is 0.624. The van der Waals surface area contributed by atoms with Gasteiger partial charge in [-0.1, -0.05) is 47.0 Å². The standard InChI is InChI=1S/C8H11N3OS3/c1-5(2)3-13-7-10-11-8(15-7)14-4-6(9)12/h1,3-4H2,2H3,(H2,9,12). The molecule has 0 bridgehead atoms. The first-order chi connectivity index (χ1) is 7.08. The molecule has 0 aromatic carbocycles. The number of thioether (sulfide) groups is 2. The molecule has 0 spiro atoms. The van der Waals surface area contributed by atoms with Crippen molar-refractivity contribution >= 4 is 40.8 Å². The first-order valence-electron chi connectivity index (χ1n) is 4.09. The Morgan fingerprint density at radius 3 is 2.40 bits per heavy atom. The summed E-state index contributed by atoms with van der Waals surface area (Å²) in [6, 6.07) is 0. The molecule has 1 rings (SSSR count). The van der Waals surface area contributed by atoms with E-state index < -0.39 is 0 Å². The van der Waals surface area contributed by atoms with Crippen molar-refractivity contribution in [1.29, 1.82) is 0 Å². The fourth-order valence-electron chi connectivity index (χ4n) is 0.632. The maximum Gasteiger partial charge on any atom is 0.227 e. The highest BCUT2D eigenvalue weighted by Crippen LogP contribution is 2.29. The molecule has 1 heterocycles. The molecular formula is C8H11N3OS3. The van der Waals surface area contributed by atoms with Crippen molar-refractivity contribution in [1.82, 2.24) is 10.2 Å². The Hall–Kier alpha value is -0.530. The second kappa shape index (κ2) is 6.14. The molecule has 0 saturated heterocycles. The number of carbonyl (C=O) groups excluding carboxylic acids is 1. The molecule has 0 fully saturated rings. The van der Waals surface area contributed by atoms with Crippen molar-refractivity contribution in [2.45, 2.75) is 15.6 Å². The van der Waals surface area contributed by atoms with Gasteiger partial charge in [-0.3, -0.25) is 4.79 Å². The van der Waals surface area contributed by atoms with Crippen LogP contribution in [0, 0.1) is 0 Å². The monoisotopic (exact) mass is 261 g/mol. The molecular weight excluding hydrogens is 250 g/mol. The third-order valence-corrected chi connectivity index (χ3v) is 4.61. The largest absolute Gasteiger partial charge is 0.369 e. The summed E-state index contributed by atoms with van der Waals surface area (Å²) < 4.78 is 1.67. The molecule has 0 aliphatic carbocycles. The highest BCUT2D eigenvalue weighted by molar-refractivity contribution is 8.03. The molecule has 82 valence electrons. The minimum Gasteiger partial charge on any atom is -0.369 e. The van der Waals surface area contributed by atoms with Crippen LogP contribution in [-0.4, -0.2) is 27.6 Å². The highest BCUT2D eigenvalue weighted by Gasteiger charge is 2.06. The SMILES string of the molecule is C=C(C)CSc1nnc(SCC(N)=O)s1. The van der Waals surface area contributed by atoms with Gasteiger partial charge in [0.25, 0.3) is 0 Å². The van der Waals surface area contributed by atoms with Crippen LogP contribution in [0.15, 0.2) is 20.8 Å². The van der Waals surface area contributed by atoms with Crippen LogP contribution in [-0.2, 0) is 4.79 Å². The molecule has 15 heavy (non-hydrogen) atoms. The Labute approximate surface area is 101 Å². The number of hydrogen-bond donors (Lipinski definition) is 1. The summed E-state index contributed by atoms with van der Waals surface area (Å²) >= 11 is 4.39. The number of rotatable bonds is 6. The summed E-state index contributed by atoms with van der Waals surface area (Å²) in [6.45, 7) is 5.77. The van der Waals surface area contributed by atoms with Crippen LogP contribution in [0.3, 0.4) is 0 Å². The normalized spacial score (nSPS) is 10.2. The smallest absolute Gasteiger partial charge is 0.227 e. The molecule has 2 N–H and O–H groups in total. The number of hydrogen-bond acceptors (Lipinski definition) is 6. The maximum absolute atomic E-state index is 10.5. The van der Waals surface area contributed by atoms with E-state index in [0.29, 0.717) is 0 Å². The molecule has 0 aliphatic heterocycles. The molecule has 1 amide bonds. The molecule has 1 aromatic rings. The van der Waals surface area contributed by atoms with Gasteiger partial charge < -0.3 is 5.73 Å². The maximum atomic E-state index is 10.5. The molecule has 7 heteroatoms. The fourth-order valence-corrected chi connectivity index (χ4v) is 3.23. The van der Waals surface area contributed by atoms with E-state index in [1.165, 1.54) is 23.1 Å². The van der Waals surface area contributed by atoms with E-state index in [1.807, 2.05) is 6.92 Å². The van der Waals surface area contributed by atoms with Crippen LogP contribution < -0.4 is 5.73 Å². The van der Waals surface area contributed by atoms with Gasteiger partial charge in [0.15, 0.2) is 8.68 Å². The fraction of sp³-hybridized carbons (Fsp3) is 0.375. The first kappa shape index (κ1) is 12.5. The Kier molecular flexibility index (Phi) is 5.13. The van der Waals surface area contributed by atoms with Gasteiger partial charge >= 0.3 is 0 Å². The third kappa shape index (κ3) is 5.19. The number of nitrogens with zero attached hydrogens (tertiary/aromatic N) is 2. The lowest BCUT2D eigenvalue weighted by atomic mass is 10.4. The van der Waals surface area contributed by atoms with E-state index in [9.17, 15) is 4.79 Å². The van der Waals surface area contributed by atoms with Crippen molar-refractivity contribution in [2.24, 2.45) is 5.73 Å². The first-order valence-corrected chi connectivity index (χ1v) is 6.88. The minimum atomic E-state index is -0.341. The van der Waals surface area contributed by atoms with Gasteiger partial charge in [0.05, 0.1) is 5.75 Å². The zero-order chi connectivity index (χ0) is 11.3. The Morgan fingerprint density at radius 2 is 1.93 bits per heavy atom. The second-order valence-electron chi connectivity index (χ2n) is 2.83. The van der Waals surface area contributed by atoms with E-state index in [4.69, 9.17) is 5.73 Å². The summed E-state index contributed by atoms with van der Waals surface area (Å²) in [5.41, 5.74) is 6.12. The van der Waals surface area contributed by atoms with E-state index in [0.717, 1.165) is 20.0 Å². The van der Waals surface area contributed by atoms with Crippen LogP contribution in [0.25, 0.3) is 0 Å². The minimum absolute atomic E-state index is 0.250. The van der Waals surface area contributed by atoms with Gasteiger partial charge in [-0.25, -0.2) is 0 Å². The van der Waals surface area contributed by atoms with Crippen molar-refractivity contribution in [3.8, 4) is 0 Å². The highest BCUT2D eigenvalue weighted by atomic mass is 32.2. The van der Waals surface area contributed by atoms with E-state index in [2.05, 4.69) is 16.8 Å². The number of nitrogens with two attached hydrogens (primary N) is 1. The predicted molar refractivity (Wildman–Crippen MR) is 65.4 cm³/mol. The van der Waals surface area contributed by atoms with Gasteiger partial charge in [0.1, 0.15) is 0 Å². The summed E-state index contributed by atoms with van der Waals surface area (Å²) in [7, 11) is 0. The Morgan fingerprint density at radius 1 is 1.40 bits per heavy atom. The number of amides is 1. The molecule has 1 aromatic heterocycles. The van der Waals surface area contributed by atoms with Crippen molar-refractivity contribution in [3.63, 3.8) is 0 Å². The van der Waals surface area contributed by atoms with Crippen molar-refractivity contribution in [2.75, 3.05) is 11.5 Å². The summed E-state index contributed by atoms with van der Waals surface area (Å²) in [4.78, 5) is 10.5. The van der Waals surface area contributed by atoms with Crippen LogP contribution >= 0.6 is 34.9 Å². The van der Waals surface area contributed by atoms with Crippen LogP contribution in [0.5, 0.6) is 0 Å². The van der Waals surface area contributed by atoms with E-state index >= 15 is 0 Å². The average molecular weight is 261 g/mol. The topological polar surface area (TPSA) is 68.9 Å². The molecule has 0 aliphatic rings. The molecule has 0 atom stereocenters. The summed E-state index contributed by atoms with van der Waals surface area (Å²) in [6.07, 6.45) is 0. The van der Waals surface area contributed by atoms with Gasteiger partial charge in [-0.2, -0.15) is 0 Å². The summed E-state index contributed by atoms with van der Waals surface area (Å²) in [5, 5.41) is 7.92. The van der Waals surface area contributed by atoms with Crippen LogP contribution in [0.4, 0.5) is 0 Å². The lowest BCUT2D eigenvalue weighted by molar-refractivity contribution is -0.115. The number of carbonyl (C=O) groups is 1. The zero-order valence-corrected chi connectivity index (χ0v) is 10.7. The zero-order valence-electron chi connectivity index (χ0n) is 8.23. The van der Waals surface area contributed by atoms with E-state index in [1.54, 1.807) is 11.8 Å². The predicted octanol–water partition coefficient (Wildman–Crippen LogP) is 1.78. The summed E-state index contributed by atoms with van der Waals surface area (Å²) in [5.74, 6) is 0.751. The van der Waals surface area contributed by atoms with Gasteiger partial charge in [-0.05, 0) is 6.92 Å². The Bertz CT molecular complexity index is 331. The third-order valence-electron chi connectivity index (χ3n) is 1.17. The van der Waals surface area contributed by atoms with Gasteiger partial charge in [0, 0.05) is 5.75 Å². The number of primary amides is 1. The lowest BCUT2D eigenvalue weighted by Gasteiger charge is -1.93. The van der Waals surface area contributed by atoms with Crippen LogP contribution in [0.2, 0.25) is 0 Å². The number of aromatic nitrogens is 2. The second-order valence-corrected chi connectivity index (χ2v) is 6.26. The van der Waals surface area contributed by atoms with E-state index in [-0.39, 0.29) is 11.7 Å². The van der Waals surface area contributed by atoms with Gasteiger partial charge in [-0.15, -0.1) is 10.2 Å². The van der Waals surface area contributed by atoms with Gasteiger partial charge in [0.2, 0.25) is 5.91 Å². The molecule has 0 radical (unpaired) electrons. The Balaban J connectivity index is 2.41. The average Bonchev–Trinajstić information content (AvgIpc) is 2.59. The molecule has 0 saturated carbocycles.